The van der Waals surface area contributed by atoms with Crippen LogP contribution in [0.25, 0.3) is 10.4 Å². The lowest BCUT2D eigenvalue weighted by Gasteiger charge is -2.02. The normalized spacial score (nSPS) is 9.00. The third-order valence-electron chi connectivity index (χ3n) is 1.27. The van der Waals surface area contributed by atoms with Crippen molar-refractivity contribution < 1.29 is 0 Å². The number of azide groups is 1. The van der Waals surface area contributed by atoms with E-state index in [1.807, 2.05) is 0 Å². The highest BCUT2D eigenvalue weighted by atomic mass is 35.5. The molecule has 1 aromatic rings. The van der Waals surface area contributed by atoms with Gasteiger partial charge in [-0.1, -0.05) is 34.8 Å². The topological polar surface area (TPSA) is 85.4 Å². The minimum atomic E-state index is -0.150. The summed E-state index contributed by atoms with van der Waals surface area (Å²) in [5, 5.41) is 11.5. The van der Waals surface area contributed by atoms with Crippen molar-refractivity contribution in [3.8, 4) is 6.07 Å². The fraction of sp³-hybridized carbons (Fsp3) is 0. The van der Waals surface area contributed by atoms with Gasteiger partial charge in [0.15, 0.2) is 0 Å². The highest BCUT2D eigenvalue weighted by molar-refractivity contribution is 6.45. The predicted molar refractivity (Wildman–Crippen MR) is 52.8 cm³/mol. The summed E-state index contributed by atoms with van der Waals surface area (Å²) in [6.07, 6.45) is 0. The van der Waals surface area contributed by atoms with Gasteiger partial charge >= 0.3 is 0 Å². The Labute approximate surface area is 93.5 Å². The van der Waals surface area contributed by atoms with Crippen LogP contribution >= 0.6 is 34.8 Å². The van der Waals surface area contributed by atoms with Crippen LogP contribution in [0.2, 0.25) is 15.2 Å². The van der Waals surface area contributed by atoms with Crippen molar-refractivity contribution in [2.75, 3.05) is 0 Å². The first-order valence-corrected chi connectivity index (χ1v) is 4.25. The molecule has 0 saturated carbocycles. The lowest BCUT2D eigenvalue weighted by molar-refractivity contribution is 1.24. The zero-order valence-corrected chi connectivity index (χ0v) is 8.64. The van der Waals surface area contributed by atoms with Crippen molar-refractivity contribution in [1.29, 1.82) is 5.26 Å². The number of hydrogen-bond acceptors (Lipinski definition) is 3. The van der Waals surface area contributed by atoms with Gasteiger partial charge in [0.25, 0.3) is 0 Å². The third-order valence-corrected chi connectivity index (χ3v) is 2.38. The monoisotopic (exact) mass is 247 g/mol. The minimum Gasteiger partial charge on any atom is -0.231 e. The van der Waals surface area contributed by atoms with Crippen molar-refractivity contribution in [3.05, 3.63) is 31.2 Å². The first-order chi connectivity index (χ1) is 6.61. The maximum atomic E-state index is 8.62. The smallest absolute Gasteiger partial charge is 0.148 e. The first-order valence-electron chi connectivity index (χ1n) is 3.11. The molecule has 0 N–H and O–H groups in total. The molecule has 0 radical (unpaired) electrons. The second kappa shape index (κ2) is 4.36. The number of aromatic nitrogens is 1. The summed E-state index contributed by atoms with van der Waals surface area (Å²) in [6.45, 7) is 0. The number of nitriles is 1. The van der Waals surface area contributed by atoms with E-state index in [2.05, 4.69) is 15.0 Å². The molecule has 0 saturated heterocycles. The SMILES string of the molecule is N#Cc1c(Cl)nc(N=[N+]=[N-])c(Cl)c1Cl. The molecule has 0 aromatic carbocycles. The Kier molecular flexibility index (Phi) is 3.39. The number of rotatable bonds is 1. The fourth-order valence-corrected chi connectivity index (χ4v) is 1.36. The van der Waals surface area contributed by atoms with Gasteiger partial charge in [-0.3, -0.25) is 0 Å². The van der Waals surface area contributed by atoms with E-state index in [1.54, 1.807) is 6.07 Å². The molecule has 0 aliphatic heterocycles. The first kappa shape index (κ1) is 10.9. The molecule has 1 aromatic heterocycles. The van der Waals surface area contributed by atoms with E-state index in [1.165, 1.54) is 0 Å². The molecule has 0 aliphatic rings. The van der Waals surface area contributed by atoms with E-state index in [0.29, 0.717) is 0 Å². The van der Waals surface area contributed by atoms with Gasteiger partial charge in [0.05, 0.1) is 10.0 Å². The number of halogens is 3. The van der Waals surface area contributed by atoms with Crippen molar-refractivity contribution in [1.82, 2.24) is 4.98 Å². The molecular weight excluding hydrogens is 248 g/mol. The molecule has 0 amide bonds. The highest BCUT2D eigenvalue weighted by Gasteiger charge is 2.14. The summed E-state index contributed by atoms with van der Waals surface area (Å²) < 4.78 is 0. The number of hydrogen-bond donors (Lipinski definition) is 0. The highest BCUT2D eigenvalue weighted by Crippen LogP contribution is 2.36. The Hall–Kier alpha value is -1.18. The molecule has 1 rings (SSSR count). The van der Waals surface area contributed by atoms with Crippen molar-refractivity contribution in [3.63, 3.8) is 0 Å². The van der Waals surface area contributed by atoms with E-state index >= 15 is 0 Å². The van der Waals surface area contributed by atoms with Crippen molar-refractivity contribution in [2.45, 2.75) is 0 Å². The summed E-state index contributed by atoms with van der Waals surface area (Å²) >= 11 is 16.9. The molecule has 0 fully saturated rings. The zero-order valence-electron chi connectivity index (χ0n) is 6.37. The average Bonchev–Trinajstić information content (AvgIpc) is 2.15. The van der Waals surface area contributed by atoms with E-state index in [4.69, 9.17) is 45.6 Å². The van der Waals surface area contributed by atoms with Crippen LogP contribution in [-0.4, -0.2) is 4.98 Å². The van der Waals surface area contributed by atoms with E-state index in [9.17, 15) is 0 Å². The molecule has 0 bridgehead atoms. The number of nitrogens with zero attached hydrogens (tertiary/aromatic N) is 5. The zero-order chi connectivity index (χ0) is 10.7. The van der Waals surface area contributed by atoms with Crippen LogP contribution in [0.4, 0.5) is 5.82 Å². The molecular formula is C6Cl3N5. The third kappa shape index (κ3) is 1.84. The van der Waals surface area contributed by atoms with E-state index in [0.717, 1.165) is 0 Å². The van der Waals surface area contributed by atoms with Crippen molar-refractivity contribution >= 4 is 40.6 Å². The van der Waals surface area contributed by atoms with Gasteiger partial charge in [0.1, 0.15) is 22.6 Å². The molecule has 0 unspecified atom stereocenters. The largest absolute Gasteiger partial charge is 0.231 e. The van der Waals surface area contributed by atoms with Crippen LogP contribution in [0.5, 0.6) is 0 Å². The van der Waals surface area contributed by atoms with Gasteiger partial charge in [-0.25, -0.2) is 4.98 Å². The molecule has 8 heteroatoms. The van der Waals surface area contributed by atoms with Gasteiger partial charge in [-0.05, 0) is 10.6 Å². The molecule has 70 valence electrons. The Morgan fingerprint density at radius 3 is 2.50 bits per heavy atom. The fourth-order valence-electron chi connectivity index (χ4n) is 0.700. The Morgan fingerprint density at radius 1 is 1.36 bits per heavy atom. The van der Waals surface area contributed by atoms with Crippen LogP contribution in [0, 0.1) is 11.3 Å². The Balaban J connectivity index is 3.57. The predicted octanol–water partition coefficient (Wildman–Crippen LogP) is 3.86. The molecule has 0 spiro atoms. The van der Waals surface area contributed by atoms with Gasteiger partial charge in [-0.2, -0.15) is 5.26 Å². The summed E-state index contributed by atoms with van der Waals surface area (Å²) in [7, 11) is 0. The van der Waals surface area contributed by atoms with Crippen molar-refractivity contribution in [2.24, 2.45) is 5.11 Å². The second-order valence-electron chi connectivity index (χ2n) is 2.03. The Bertz CT molecular complexity index is 471. The van der Waals surface area contributed by atoms with Gasteiger partial charge < -0.3 is 0 Å². The Morgan fingerprint density at radius 2 is 2.00 bits per heavy atom. The second-order valence-corrected chi connectivity index (χ2v) is 3.14. The lowest BCUT2D eigenvalue weighted by atomic mass is 10.3. The van der Waals surface area contributed by atoms with E-state index < -0.39 is 0 Å². The van der Waals surface area contributed by atoms with Crippen LogP contribution in [0.1, 0.15) is 5.56 Å². The van der Waals surface area contributed by atoms with Gasteiger partial charge in [-0.15, -0.1) is 0 Å². The lowest BCUT2D eigenvalue weighted by Crippen LogP contribution is -1.86. The van der Waals surface area contributed by atoms with Crippen LogP contribution in [0.15, 0.2) is 5.11 Å². The summed E-state index contributed by atoms with van der Waals surface area (Å²) in [6, 6.07) is 1.73. The number of pyridine rings is 1. The summed E-state index contributed by atoms with van der Waals surface area (Å²) in [5.41, 5.74) is 8.11. The maximum absolute atomic E-state index is 8.62. The van der Waals surface area contributed by atoms with Crippen LogP contribution in [0.3, 0.4) is 0 Å². The van der Waals surface area contributed by atoms with Gasteiger partial charge in [0.2, 0.25) is 0 Å². The maximum Gasteiger partial charge on any atom is 0.148 e. The molecule has 5 nitrogen and oxygen atoms in total. The van der Waals surface area contributed by atoms with Gasteiger partial charge in [0, 0.05) is 4.91 Å². The molecule has 0 aliphatic carbocycles. The van der Waals surface area contributed by atoms with Crippen LogP contribution in [-0.2, 0) is 0 Å². The summed E-state index contributed by atoms with van der Waals surface area (Å²) in [4.78, 5) is 6.08. The quantitative estimate of drug-likeness (QED) is 0.327. The summed E-state index contributed by atoms with van der Waals surface area (Å²) in [5.74, 6) is -0.150. The standard InChI is InChI=1S/C6Cl3N5/c7-3-2(1-10)5(9)12-6(4(3)8)13-14-11. The molecule has 0 atom stereocenters. The molecule has 14 heavy (non-hydrogen) atoms. The van der Waals surface area contributed by atoms with E-state index in [-0.39, 0.29) is 26.6 Å². The average molecular weight is 248 g/mol. The van der Waals surface area contributed by atoms with Crippen LogP contribution < -0.4 is 0 Å². The molecule has 1 heterocycles. The minimum absolute atomic E-state index is 0.0461.